The highest BCUT2D eigenvalue weighted by Gasteiger charge is 2.22. The van der Waals surface area contributed by atoms with Crippen LogP contribution in [0.3, 0.4) is 0 Å². The Morgan fingerprint density at radius 3 is 2.29 bits per heavy atom. The minimum atomic E-state index is -1.59. The molecule has 5 nitrogen and oxygen atoms in total. The van der Waals surface area contributed by atoms with Crippen LogP contribution in [-0.2, 0) is 4.79 Å². The minimum absolute atomic E-state index is 0.401. The zero-order chi connectivity index (χ0) is 15.9. The lowest BCUT2D eigenvalue weighted by atomic mass is 10.2. The fraction of sp³-hybridized carbons (Fsp3) is 0.688. The maximum Gasteiger partial charge on any atom is 0.251 e. The van der Waals surface area contributed by atoms with E-state index in [0.717, 1.165) is 32.1 Å². The summed E-state index contributed by atoms with van der Waals surface area (Å²) >= 11 is 0. The molecule has 21 heavy (non-hydrogen) atoms. The average molecular weight is 295 g/mol. The van der Waals surface area contributed by atoms with Crippen molar-refractivity contribution in [1.82, 2.24) is 5.32 Å². The summed E-state index contributed by atoms with van der Waals surface area (Å²) in [6.45, 7) is 1.87. The number of nitrogens with one attached hydrogen (secondary N) is 1. The van der Waals surface area contributed by atoms with Gasteiger partial charge in [0.1, 0.15) is 6.10 Å². The first-order valence-corrected chi connectivity index (χ1v) is 7.33. The Morgan fingerprint density at radius 1 is 1.10 bits per heavy atom. The third kappa shape index (κ3) is 10.9. The van der Waals surface area contributed by atoms with Crippen LogP contribution in [0.5, 0.6) is 0 Å². The van der Waals surface area contributed by atoms with E-state index in [1.165, 1.54) is 0 Å². The summed E-state index contributed by atoms with van der Waals surface area (Å²) in [7, 11) is 0. The maximum absolute atomic E-state index is 11.3. The number of rotatable bonds is 9. The van der Waals surface area contributed by atoms with E-state index in [2.05, 4.69) is 35.9 Å². The molecular formula is C16H25NO4. The molecule has 4 N–H and O–H groups in total. The Bertz CT molecular complexity index is 400. The Labute approximate surface area is 126 Å². The number of aliphatic hydroxyl groups is 3. The second kappa shape index (κ2) is 13.5. The first-order valence-electron chi connectivity index (χ1n) is 7.33. The highest BCUT2D eigenvalue weighted by Crippen LogP contribution is 1.95. The molecule has 0 spiro atoms. The monoisotopic (exact) mass is 295 g/mol. The molecule has 0 aliphatic heterocycles. The molecule has 0 radical (unpaired) electrons. The predicted octanol–water partition coefficient (Wildman–Crippen LogP) is 0.184. The summed E-state index contributed by atoms with van der Waals surface area (Å²) in [6.07, 6.45) is 2.35. The zero-order valence-electron chi connectivity index (χ0n) is 12.6. The Balaban J connectivity index is 3.62. The van der Waals surface area contributed by atoms with Crippen molar-refractivity contribution < 1.29 is 20.1 Å². The van der Waals surface area contributed by atoms with Gasteiger partial charge in [-0.1, -0.05) is 25.2 Å². The molecule has 0 aromatic rings. The fourth-order valence-corrected chi connectivity index (χ4v) is 1.41. The first kappa shape index (κ1) is 19.5. The normalized spacial score (nSPS) is 12.4. The van der Waals surface area contributed by atoms with Gasteiger partial charge in [-0.05, 0) is 31.1 Å². The van der Waals surface area contributed by atoms with Crippen molar-refractivity contribution in [3.63, 3.8) is 0 Å². The SMILES string of the molecule is CCCCC#CC#CCCCCNC(=O)[C@H](O)[C@H](O)CO. The van der Waals surface area contributed by atoms with Gasteiger partial charge < -0.3 is 20.6 Å². The van der Waals surface area contributed by atoms with Crippen molar-refractivity contribution in [1.29, 1.82) is 0 Å². The van der Waals surface area contributed by atoms with Crippen LogP contribution in [-0.4, -0.2) is 46.6 Å². The van der Waals surface area contributed by atoms with Crippen LogP contribution in [0, 0.1) is 23.7 Å². The number of amides is 1. The van der Waals surface area contributed by atoms with Crippen LogP contribution in [0.4, 0.5) is 0 Å². The highest BCUT2D eigenvalue weighted by atomic mass is 16.4. The molecule has 0 aromatic heterocycles. The van der Waals surface area contributed by atoms with Gasteiger partial charge in [0.2, 0.25) is 0 Å². The molecular weight excluding hydrogens is 270 g/mol. The van der Waals surface area contributed by atoms with Crippen LogP contribution in [0.15, 0.2) is 0 Å². The van der Waals surface area contributed by atoms with Gasteiger partial charge in [-0.15, -0.1) is 0 Å². The van der Waals surface area contributed by atoms with E-state index in [4.69, 9.17) is 10.2 Å². The molecule has 0 rings (SSSR count). The molecule has 0 fully saturated rings. The summed E-state index contributed by atoms with van der Waals surface area (Å²) in [5.74, 6) is 10.8. The van der Waals surface area contributed by atoms with Crippen LogP contribution in [0.25, 0.3) is 0 Å². The third-order valence-corrected chi connectivity index (χ3v) is 2.74. The Hall–Kier alpha value is -1.53. The van der Waals surface area contributed by atoms with Crippen molar-refractivity contribution in [3.8, 4) is 23.7 Å². The molecule has 0 aliphatic rings. The second-order valence-electron chi connectivity index (χ2n) is 4.65. The molecule has 0 aromatic carbocycles. The number of hydrogen-bond acceptors (Lipinski definition) is 4. The second-order valence-corrected chi connectivity index (χ2v) is 4.65. The standard InChI is InChI=1S/C16H25NO4/c1-2-3-4-5-6-7-8-9-10-11-12-17-16(21)15(20)14(19)13-18/h14-15,18-20H,2-4,9-13H2,1H3,(H,17,21)/t14-,15-/m1/s1. The lowest BCUT2D eigenvalue weighted by molar-refractivity contribution is -0.136. The third-order valence-electron chi connectivity index (χ3n) is 2.74. The lowest BCUT2D eigenvalue weighted by Gasteiger charge is -2.14. The van der Waals surface area contributed by atoms with Gasteiger partial charge in [0.15, 0.2) is 6.10 Å². The Morgan fingerprint density at radius 2 is 1.71 bits per heavy atom. The summed E-state index contributed by atoms with van der Waals surface area (Å²) < 4.78 is 0. The minimum Gasteiger partial charge on any atom is -0.394 e. The fourth-order valence-electron chi connectivity index (χ4n) is 1.41. The molecule has 0 aliphatic carbocycles. The number of aliphatic hydroxyl groups excluding tert-OH is 3. The maximum atomic E-state index is 11.3. The molecule has 1 amide bonds. The van der Waals surface area contributed by atoms with Crippen LogP contribution in [0.2, 0.25) is 0 Å². The number of carbonyl (C=O) groups is 1. The summed E-state index contributed by atoms with van der Waals surface area (Å²) in [4.78, 5) is 11.3. The van der Waals surface area contributed by atoms with E-state index in [-0.39, 0.29) is 0 Å². The van der Waals surface area contributed by atoms with E-state index >= 15 is 0 Å². The number of carbonyl (C=O) groups excluding carboxylic acids is 1. The quantitative estimate of drug-likeness (QED) is 0.361. The summed E-state index contributed by atoms with van der Waals surface area (Å²) in [5, 5.41) is 29.5. The predicted molar refractivity (Wildman–Crippen MR) is 81.0 cm³/mol. The van der Waals surface area contributed by atoms with Crippen LogP contribution >= 0.6 is 0 Å². The Kier molecular flexibility index (Phi) is 12.5. The van der Waals surface area contributed by atoms with E-state index in [0.29, 0.717) is 13.0 Å². The topological polar surface area (TPSA) is 89.8 Å². The first-order chi connectivity index (χ1) is 10.1. The lowest BCUT2D eigenvalue weighted by Crippen LogP contribution is -2.43. The van der Waals surface area contributed by atoms with E-state index < -0.39 is 24.7 Å². The van der Waals surface area contributed by atoms with Gasteiger partial charge in [0.25, 0.3) is 5.91 Å². The molecule has 118 valence electrons. The van der Waals surface area contributed by atoms with Crippen LogP contribution < -0.4 is 5.32 Å². The van der Waals surface area contributed by atoms with Crippen molar-refractivity contribution in [3.05, 3.63) is 0 Å². The molecule has 0 saturated heterocycles. The van der Waals surface area contributed by atoms with Gasteiger partial charge in [-0.25, -0.2) is 0 Å². The smallest absolute Gasteiger partial charge is 0.251 e. The molecule has 0 unspecified atom stereocenters. The summed E-state index contributed by atoms with van der Waals surface area (Å²) in [5.41, 5.74) is 0. The van der Waals surface area contributed by atoms with Gasteiger partial charge in [-0.2, -0.15) is 0 Å². The van der Waals surface area contributed by atoms with Gasteiger partial charge >= 0.3 is 0 Å². The number of hydrogen-bond donors (Lipinski definition) is 4. The molecule has 0 heterocycles. The van der Waals surface area contributed by atoms with Crippen molar-refractivity contribution in [2.24, 2.45) is 0 Å². The van der Waals surface area contributed by atoms with Gasteiger partial charge in [0, 0.05) is 19.4 Å². The summed E-state index contributed by atoms with van der Waals surface area (Å²) in [6, 6.07) is 0. The van der Waals surface area contributed by atoms with Crippen molar-refractivity contribution in [2.45, 2.75) is 57.7 Å². The van der Waals surface area contributed by atoms with Crippen molar-refractivity contribution >= 4 is 5.91 Å². The molecule has 0 bridgehead atoms. The largest absolute Gasteiger partial charge is 0.394 e. The van der Waals surface area contributed by atoms with Crippen molar-refractivity contribution in [2.75, 3.05) is 13.2 Å². The van der Waals surface area contributed by atoms with Gasteiger partial charge in [0.05, 0.1) is 6.61 Å². The zero-order valence-corrected chi connectivity index (χ0v) is 12.6. The van der Waals surface area contributed by atoms with E-state index in [1.807, 2.05) is 0 Å². The number of unbranched alkanes of at least 4 members (excludes halogenated alkanes) is 4. The van der Waals surface area contributed by atoms with Crippen LogP contribution in [0.1, 0.15) is 45.4 Å². The average Bonchev–Trinajstić information content (AvgIpc) is 2.50. The molecule has 2 atom stereocenters. The van der Waals surface area contributed by atoms with Gasteiger partial charge in [-0.3, -0.25) is 4.79 Å². The molecule has 0 saturated carbocycles. The highest BCUT2D eigenvalue weighted by molar-refractivity contribution is 5.81. The van der Waals surface area contributed by atoms with E-state index in [9.17, 15) is 9.90 Å². The van der Waals surface area contributed by atoms with E-state index in [1.54, 1.807) is 0 Å². The molecule has 5 heteroatoms.